The molecule has 0 spiro atoms. The number of hydrazone groups is 1. The number of piperidine rings is 1. The van der Waals surface area contributed by atoms with Gasteiger partial charge in [-0.3, -0.25) is 14.6 Å². The molecule has 0 radical (unpaired) electrons. The van der Waals surface area contributed by atoms with Crippen molar-refractivity contribution in [3.63, 3.8) is 0 Å². The number of likely N-dealkylation sites (tertiary alicyclic amines) is 1. The summed E-state index contributed by atoms with van der Waals surface area (Å²) < 4.78 is 50.5. The molecule has 1 aromatic carbocycles. The first kappa shape index (κ1) is 34.4. The maximum absolute atomic E-state index is 14.1. The van der Waals surface area contributed by atoms with Crippen molar-refractivity contribution in [3.05, 3.63) is 65.5 Å². The Bertz CT molecular complexity index is 1460. The van der Waals surface area contributed by atoms with Gasteiger partial charge in [-0.05, 0) is 70.4 Å². The van der Waals surface area contributed by atoms with E-state index in [2.05, 4.69) is 15.4 Å². The number of nitrogens with one attached hydrogen (secondary N) is 1. The van der Waals surface area contributed by atoms with E-state index in [0.29, 0.717) is 22.7 Å². The standard InChI is InChI=1S/C32H38F3N5O6/c1-5-45-27(42)22-12-9-21(10-13-22)11-14-24(37-29(44)46-30(2,3)4)26(41)39-17-15-25-31(19-39,18-23-8-6-7-16-36-23)28(43)40(38-25)20-32(33,34)35/h6-10,12-13,16,24H,5,11,14-15,17-20H2,1-4H3,(H,37,44). The Hall–Kier alpha value is -4.49. The molecule has 3 amide bonds. The van der Waals surface area contributed by atoms with Gasteiger partial charge in [-0.1, -0.05) is 18.2 Å². The smallest absolute Gasteiger partial charge is 0.408 e. The number of amides is 3. The number of aryl methyl sites for hydroxylation is 1. The maximum atomic E-state index is 14.1. The number of nitrogens with zero attached hydrogens (tertiary/aromatic N) is 4. The SMILES string of the molecule is CCOC(=O)c1ccc(CCC(NC(=O)OC(C)(C)C)C(=O)N2CCC3=NN(CC(F)(F)F)C(=O)C3(Cc3ccccn3)C2)cc1. The zero-order valence-corrected chi connectivity index (χ0v) is 26.2. The van der Waals surface area contributed by atoms with Crippen LogP contribution in [0.3, 0.4) is 0 Å². The average Bonchev–Trinajstić information content (AvgIpc) is 3.23. The van der Waals surface area contributed by atoms with Crippen molar-refractivity contribution in [2.45, 2.75) is 71.2 Å². The number of fused-ring (bicyclic) bond motifs is 1. The lowest BCUT2D eigenvalue weighted by Gasteiger charge is -2.40. The molecular weight excluding hydrogens is 607 g/mol. The maximum Gasteiger partial charge on any atom is 0.408 e. The molecule has 0 aliphatic carbocycles. The van der Waals surface area contributed by atoms with E-state index in [0.717, 1.165) is 5.56 Å². The fourth-order valence-corrected chi connectivity index (χ4v) is 5.52. The number of esters is 1. The van der Waals surface area contributed by atoms with E-state index in [4.69, 9.17) is 9.47 Å². The molecule has 1 saturated heterocycles. The topological polar surface area (TPSA) is 130 Å². The molecule has 46 heavy (non-hydrogen) atoms. The molecule has 3 heterocycles. The van der Waals surface area contributed by atoms with Crippen LogP contribution in [0.15, 0.2) is 53.8 Å². The lowest BCUT2D eigenvalue weighted by Crippen LogP contribution is -2.59. The second kappa shape index (κ2) is 13.9. The van der Waals surface area contributed by atoms with Gasteiger partial charge in [0, 0.05) is 37.8 Å². The predicted octanol–water partition coefficient (Wildman–Crippen LogP) is 4.31. The fourth-order valence-electron chi connectivity index (χ4n) is 5.52. The van der Waals surface area contributed by atoms with Crippen LogP contribution in [0, 0.1) is 5.41 Å². The zero-order chi connectivity index (χ0) is 33.7. The summed E-state index contributed by atoms with van der Waals surface area (Å²) in [7, 11) is 0. The molecule has 2 aliphatic heterocycles. The number of carbonyl (C=O) groups is 4. The first-order valence-corrected chi connectivity index (χ1v) is 15.0. The van der Waals surface area contributed by atoms with E-state index in [1.807, 2.05) is 0 Å². The van der Waals surface area contributed by atoms with Gasteiger partial charge < -0.3 is 19.7 Å². The number of ether oxygens (including phenoxy) is 2. The molecule has 2 aromatic rings. The number of rotatable bonds is 10. The molecule has 1 aromatic heterocycles. The van der Waals surface area contributed by atoms with Gasteiger partial charge in [-0.2, -0.15) is 18.3 Å². The highest BCUT2D eigenvalue weighted by molar-refractivity contribution is 6.13. The molecule has 1 N–H and O–H groups in total. The van der Waals surface area contributed by atoms with Crippen LogP contribution >= 0.6 is 0 Å². The molecule has 4 rings (SSSR count). The number of hydrogen-bond acceptors (Lipinski definition) is 8. The van der Waals surface area contributed by atoms with Gasteiger partial charge in [0.25, 0.3) is 5.91 Å². The minimum absolute atomic E-state index is 0.0549. The molecule has 1 fully saturated rings. The highest BCUT2D eigenvalue weighted by atomic mass is 19.4. The van der Waals surface area contributed by atoms with Crippen LogP contribution in [0.1, 0.15) is 62.2 Å². The highest BCUT2D eigenvalue weighted by Crippen LogP contribution is 2.39. The number of halogens is 3. The summed E-state index contributed by atoms with van der Waals surface area (Å²) in [6.07, 6.45) is -3.51. The third-order valence-corrected chi connectivity index (χ3v) is 7.54. The van der Waals surface area contributed by atoms with Gasteiger partial charge in [0.05, 0.1) is 17.9 Å². The van der Waals surface area contributed by atoms with E-state index in [9.17, 15) is 32.3 Å². The van der Waals surface area contributed by atoms with E-state index in [1.54, 1.807) is 70.2 Å². The molecular formula is C32H38F3N5O6. The molecule has 11 nitrogen and oxygen atoms in total. The van der Waals surface area contributed by atoms with Crippen molar-refractivity contribution in [3.8, 4) is 0 Å². The Balaban J connectivity index is 1.58. The Labute approximate surface area is 265 Å². The number of carbonyl (C=O) groups excluding carboxylic acids is 4. The number of alkyl carbamates (subject to hydrolysis) is 1. The van der Waals surface area contributed by atoms with Gasteiger partial charge in [-0.25, -0.2) is 14.6 Å². The second-order valence-corrected chi connectivity index (χ2v) is 12.3. The highest BCUT2D eigenvalue weighted by Gasteiger charge is 2.56. The Kier molecular flexibility index (Phi) is 10.4. The summed E-state index contributed by atoms with van der Waals surface area (Å²) in [5.74, 6) is -1.84. The lowest BCUT2D eigenvalue weighted by molar-refractivity contribution is -0.164. The van der Waals surface area contributed by atoms with Crippen LogP contribution in [0.4, 0.5) is 18.0 Å². The van der Waals surface area contributed by atoms with Crippen LogP contribution in [0.25, 0.3) is 0 Å². The van der Waals surface area contributed by atoms with E-state index < -0.39 is 53.7 Å². The molecule has 14 heteroatoms. The van der Waals surface area contributed by atoms with Crippen molar-refractivity contribution in [2.24, 2.45) is 10.5 Å². The van der Waals surface area contributed by atoms with Crippen LogP contribution < -0.4 is 5.32 Å². The Morgan fingerprint density at radius 3 is 2.41 bits per heavy atom. The van der Waals surface area contributed by atoms with E-state index in [1.165, 1.54) is 11.1 Å². The number of pyridine rings is 1. The summed E-state index contributed by atoms with van der Waals surface area (Å²) in [6, 6.07) is 10.6. The second-order valence-electron chi connectivity index (χ2n) is 12.3. The monoisotopic (exact) mass is 645 g/mol. The van der Waals surface area contributed by atoms with Gasteiger partial charge in [0.1, 0.15) is 23.6 Å². The number of hydrogen-bond donors (Lipinski definition) is 1. The quantitative estimate of drug-likeness (QED) is 0.381. The van der Waals surface area contributed by atoms with Gasteiger partial charge in [0.15, 0.2) is 0 Å². The summed E-state index contributed by atoms with van der Waals surface area (Å²) in [5.41, 5.74) is -0.522. The molecule has 2 atom stereocenters. The summed E-state index contributed by atoms with van der Waals surface area (Å²) in [4.78, 5) is 58.2. The van der Waals surface area contributed by atoms with Crippen molar-refractivity contribution in [2.75, 3.05) is 26.2 Å². The Morgan fingerprint density at radius 2 is 1.80 bits per heavy atom. The third-order valence-electron chi connectivity index (χ3n) is 7.54. The van der Waals surface area contributed by atoms with Crippen LogP contribution in [-0.4, -0.2) is 88.5 Å². The predicted molar refractivity (Wildman–Crippen MR) is 161 cm³/mol. The Morgan fingerprint density at radius 1 is 1.09 bits per heavy atom. The average molecular weight is 646 g/mol. The molecule has 248 valence electrons. The molecule has 2 aliphatic rings. The lowest BCUT2D eigenvalue weighted by atomic mass is 9.74. The summed E-state index contributed by atoms with van der Waals surface area (Å²) >= 11 is 0. The van der Waals surface area contributed by atoms with Crippen LogP contribution in [0.5, 0.6) is 0 Å². The summed E-state index contributed by atoms with van der Waals surface area (Å²) in [6.45, 7) is 5.27. The van der Waals surface area contributed by atoms with Crippen LogP contribution in [0.2, 0.25) is 0 Å². The molecule has 0 bridgehead atoms. The largest absolute Gasteiger partial charge is 0.462 e. The third kappa shape index (κ3) is 8.61. The van der Waals surface area contributed by atoms with E-state index in [-0.39, 0.29) is 44.7 Å². The fraction of sp³-hybridized carbons (Fsp3) is 0.500. The van der Waals surface area contributed by atoms with Crippen LogP contribution in [-0.2, 0) is 31.9 Å². The van der Waals surface area contributed by atoms with Gasteiger partial charge in [0.2, 0.25) is 5.91 Å². The minimum atomic E-state index is -4.67. The summed E-state index contributed by atoms with van der Waals surface area (Å²) in [5, 5.41) is 7.15. The number of benzene rings is 1. The minimum Gasteiger partial charge on any atom is -0.462 e. The zero-order valence-electron chi connectivity index (χ0n) is 26.2. The van der Waals surface area contributed by atoms with Crippen molar-refractivity contribution in [1.29, 1.82) is 0 Å². The van der Waals surface area contributed by atoms with Crippen molar-refractivity contribution < 1.29 is 41.8 Å². The van der Waals surface area contributed by atoms with E-state index >= 15 is 0 Å². The first-order valence-electron chi connectivity index (χ1n) is 15.0. The normalized spacial score (nSPS) is 18.8. The van der Waals surface area contributed by atoms with Crippen molar-refractivity contribution in [1.82, 2.24) is 20.2 Å². The number of alkyl halides is 3. The number of aromatic nitrogens is 1. The van der Waals surface area contributed by atoms with Gasteiger partial charge >= 0.3 is 18.2 Å². The van der Waals surface area contributed by atoms with Crippen molar-refractivity contribution >= 4 is 29.6 Å². The van der Waals surface area contributed by atoms with Gasteiger partial charge in [-0.15, -0.1) is 0 Å². The molecule has 0 saturated carbocycles. The first-order chi connectivity index (χ1) is 21.6. The molecule has 2 unspecified atom stereocenters.